The number of piperidine rings is 1. The zero-order valence-electron chi connectivity index (χ0n) is 16.0. The van der Waals surface area contributed by atoms with Gasteiger partial charge >= 0.3 is 6.09 Å². The Labute approximate surface area is 158 Å². The number of aromatic amines is 1. The SMILES string of the molecule is CC(C)(C)OC(=O)N1CCC(N=CC(=CN)c2cnc3cn[nH]c3c2)CC1. The highest BCUT2D eigenvalue weighted by molar-refractivity contribution is 6.10. The van der Waals surface area contributed by atoms with Gasteiger partial charge in [-0.15, -0.1) is 0 Å². The Kier molecular flexibility index (Phi) is 5.43. The quantitative estimate of drug-likeness (QED) is 0.807. The fourth-order valence-corrected chi connectivity index (χ4v) is 2.91. The van der Waals surface area contributed by atoms with Gasteiger partial charge in [-0.25, -0.2) is 4.79 Å². The number of amides is 1. The minimum atomic E-state index is -0.475. The molecule has 2 aromatic rings. The van der Waals surface area contributed by atoms with E-state index < -0.39 is 5.60 Å². The number of aromatic nitrogens is 3. The molecule has 0 radical (unpaired) electrons. The van der Waals surface area contributed by atoms with Crippen molar-refractivity contribution in [2.24, 2.45) is 10.7 Å². The predicted octanol–water partition coefficient (Wildman–Crippen LogP) is 2.73. The van der Waals surface area contributed by atoms with Gasteiger partial charge in [0.25, 0.3) is 0 Å². The van der Waals surface area contributed by atoms with Crippen molar-refractivity contribution in [3.8, 4) is 0 Å². The molecule has 0 aliphatic carbocycles. The van der Waals surface area contributed by atoms with Crippen molar-refractivity contribution in [2.75, 3.05) is 13.1 Å². The zero-order chi connectivity index (χ0) is 19.4. The summed E-state index contributed by atoms with van der Waals surface area (Å²) >= 11 is 0. The monoisotopic (exact) mass is 370 g/mol. The van der Waals surface area contributed by atoms with Crippen LogP contribution in [0.2, 0.25) is 0 Å². The third-order valence-corrected chi connectivity index (χ3v) is 4.34. The smallest absolute Gasteiger partial charge is 0.410 e. The van der Waals surface area contributed by atoms with Gasteiger partial charge in [-0.1, -0.05) is 0 Å². The summed E-state index contributed by atoms with van der Waals surface area (Å²) in [6.07, 6.45) is 8.08. The van der Waals surface area contributed by atoms with Crippen LogP contribution in [-0.2, 0) is 4.74 Å². The predicted molar refractivity (Wildman–Crippen MR) is 105 cm³/mol. The summed E-state index contributed by atoms with van der Waals surface area (Å²) in [5.41, 5.74) is 8.65. The number of nitrogens with one attached hydrogen (secondary N) is 1. The number of nitrogens with zero attached hydrogens (tertiary/aromatic N) is 4. The van der Waals surface area contributed by atoms with Crippen LogP contribution in [-0.4, -0.2) is 57.1 Å². The van der Waals surface area contributed by atoms with Crippen molar-refractivity contribution in [3.63, 3.8) is 0 Å². The van der Waals surface area contributed by atoms with E-state index in [1.165, 1.54) is 6.20 Å². The molecule has 3 N–H and O–H groups in total. The Morgan fingerprint density at radius 1 is 1.37 bits per heavy atom. The molecule has 3 rings (SSSR count). The number of carbonyl (C=O) groups is 1. The molecule has 1 aliphatic rings. The summed E-state index contributed by atoms with van der Waals surface area (Å²) in [4.78, 5) is 22.9. The summed E-state index contributed by atoms with van der Waals surface area (Å²) in [6, 6.07) is 2.10. The maximum atomic E-state index is 12.1. The number of hydrogen-bond donors (Lipinski definition) is 2. The first kappa shape index (κ1) is 18.9. The van der Waals surface area contributed by atoms with Gasteiger partial charge in [-0.3, -0.25) is 15.1 Å². The van der Waals surface area contributed by atoms with E-state index in [4.69, 9.17) is 10.5 Å². The Morgan fingerprint density at radius 2 is 2.11 bits per heavy atom. The van der Waals surface area contributed by atoms with Crippen LogP contribution in [0.4, 0.5) is 4.79 Å². The number of nitrogens with two attached hydrogens (primary N) is 1. The zero-order valence-corrected chi connectivity index (χ0v) is 16.0. The Hall–Kier alpha value is -2.90. The Balaban J connectivity index is 1.58. The number of hydrogen-bond acceptors (Lipinski definition) is 6. The van der Waals surface area contributed by atoms with Gasteiger partial charge in [0.15, 0.2) is 0 Å². The summed E-state index contributed by atoms with van der Waals surface area (Å²) < 4.78 is 5.42. The van der Waals surface area contributed by atoms with Crippen molar-refractivity contribution in [2.45, 2.75) is 45.3 Å². The first-order valence-corrected chi connectivity index (χ1v) is 9.08. The van der Waals surface area contributed by atoms with Crippen LogP contribution in [0.25, 0.3) is 16.6 Å². The number of allylic oxidation sites excluding steroid dienone is 1. The minimum Gasteiger partial charge on any atom is -0.444 e. The molecule has 1 fully saturated rings. The van der Waals surface area contributed by atoms with E-state index >= 15 is 0 Å². The van der Waals surface area contributed by atoms with Gasteiger partial charge in [-0.2, -0.15) is 5.10 Å². The number of ether oxygens (including phenoxy) is 1. The second kappa shape index (κ2) is 7.77. The van der Waals surface area contributed by atoms with Crippen LogP contribution in [0.5, 0.6) is 0 Å². The second-order valence-electron chi connectivity index (χ2n) is 7.63. The molecule has 2 aromatic heterocycles. The average Bonchev–Trinajstić information content (AvgIpc) is 3.09. The van der Waals surface area contributed by atoms with E-state index in [-0.39, 0.29) is 12.1 Å². The first-order chi connectivity index (χ1) is 12.9. The van der Waals surface area contributed by atoms with Crippen LogP contribution in [0.3, 0.4) is 0 Å². The fraction of sp³-hybridized carbons (Fsp3) is 0.474. The first-order valence-electron chi connectivity index (χ1n) is 9.08. The number of fused-ring (bicyclic) bond motifs is 1. The molecule has 0 bridgehead atoms. The molecule has 8 heteroatoms. The molecule has 1 amide bonds. The molecule has 0 spiro atoms. The summed E-state index contributed by atoms with van der Waals surface area (Å²) in [5.74, 6) is 0. The van der Waals surface area contributed by atoms with Crippen molar-refractivity contribution in [1.29, 1.82) is 0 Å². The van der Waals surface area contributed by atoms with E-state index in [9.17, 15) is 4.79 Å². The molecule has 0 atom stereocenters. The summed E-state index contributed by atoms with van der Waals surface area (Å²) in [7, 11) is 0. The molecule has 3 heterocycles. The molecule has 1 aliphatic heterocycles. The van der Waals surface area contributed by atoms with Crippen molar-refractivity contribution in [1.82, 2.24) is 20.1 Å². The fourth-order valence-electron chi connectivity index (χ4n) is 2.91. The molecular formula is C19H26N6O2. The third-order valence-electron chi connectivity index (χ3n) is 4.34. The standard InChI is InChI=1S/C19H26N6O2/c1-19(2,3)27-18(26)25-6-4-15(5-7-25)21-11-14(9-20)13-8-16-17(22-10-13)12-23-24-16/h8-12,15H,4-7,20H2,1-3H3,(H,23,24). The Morgan fingerprint density at radius 3 is 2.78 bits per heavy atom. The van der Waals surface area contributed by atoms with Gasteiger partial charge in [0.05, 0.1) is 17.8 Å². The highest BCUT2D eigenvalue weighted by Crippen LogP contribution is 2.19. The molecular weight excluding hydrogens is 344 g/mol. The number of likely N-dealkylation sites (tertiary alicyclic amines) is 1. The van der Waals surface area contributed by atoms with Crippen LogP contribution in [0.1, 0.15) is 39.2 Å². The maximum Gasteiger partial charge on any atom is 0.410 e. The molecule has 27 heavy (non-hydrogen) atoms. The molecule has 0 unspecified atom stereocenters. The molecule has 144 valence electrons. The second-order valence-corrected chi connectivity index (χ2v) is 7.63. The van der Waals surface area contributed by atoms with E-state index in [0.717, 1.165) is 35.0 Å². The lowest BCUT2D eigenvalue weighted by molar-refractivity contribution is 0.0207. The lowest BCUT2D eigenvalue weighted by Gasteiger charge is -2.32. The molecule has 0 saturated carbocycles. The van der Waals surface area contributed by atoms with Gasteiger partial charge in [0.2, 0.25) is 0 Å². The van der Waals surface area contributed by atoms with E-state index in [0.29, 0.717) is 13.1 Å². The number of carbonyl (C=O) groups excluding carboxylic acids is 1. The lowest BCUT2D eigenvalue weighted by atomic mass is 10.1. The van der Waals surface area contributed by atoms with Crippen LogP contribution < -0.4 is 5.73 Å². The summed E-state index contributed by atoms with van der Waals surface area (Å²) in [6.45, 7) is 6.90. The van der Waals surface area contributed by atoms with Gasteiger partial charge in [-0.05, 0) is 39.7 Å². The lowest BCUT2D eigenvalue weighted by Crippen LogP contribution is -2.42. The van der Waals surface area contributed by atoms with Crippen LogP contribution >= 0.6 is 0 Å². The van der Waals surface area contributed by atoms with Crippen molar-refractivity contribution in [3.05, 3.63) is 30.2 Å². The number of aliphatic imine (C=N–C) groups is 1. The molecule has 0 aromatic carbocycles. The van der Waals surface area contributed by atoms with Crippen molar-refractivity contribution < 1.29 is 9.53 Å². The highest BCUT2D eigenvalue weighted by atomic mass is 16.6. The largest absolute Gasteiger partial charge is 0.444 e. The number of H-pyrrole nitrogens is 1. The number of rotatable bonds is 3. The van der Waals surface area contributed by atoms with Gasteiger partial charge in [0.1, 0.15) is 11.1 Å². The maximum absolute atomic E-state index is 12.1. The topological polar surface area (TPSA) is 109 Å². The van der Waals surface area contributed by atoms with E-state index in [2.05, 4.69) is 20.2 Å². The number of pyridine rings is 1. The van der Waals surface area contributed by atoms with Crippen LogP contribution in [0.15, 0.2) is 29.7 Å². The van der Waals surface area contributed by atoms with E-state index in [1.54, 1.807) is 23.5 Å². The molecule has 1 saturated heterocycles. The highest BCUT2D eigenvalue weighted by Gasteiger charge is 2.26. The normalized spacial score (nSPS) is 17.0. The van der Waals surface area contributed by atoms with Gasteiger partial charge in [0, 0.05) is 42.8 Å². The Bertz CT molecular complexity index is 856. The third kappa shape index (κ3) is 4.84. The van der Waals surface area contributed by atoms with E-state index in [1.807, 2.05) is 26.8 Å². The van der Waals surface area contributed by atoms with Crippen LogP contribution in [0, 0.1) is 0 Å². The summed E-state index contributed by atoms with van der Waals surface area (Å²) in [5, 5.41) is 6.88. The average molecular weight is 370 g/mol. The van der Waals surface area contributed by atoms with Crippen molar-refractivity contribution >= 4 is 28.9 Å². The minimum absolute atomic E-state index is 0.155. The molecule has 8 nitrogen and oxygen atoms in total. The van der Waals surface area contributed by atoms with Gasteiger partial charge < -0.3 is 15.4 Å².